The van der Waals surface area contributed by atoms with E-state index in [4.69, 9.17) is 14.3 Å². The van der Waals surface area contributed by atoms with Crippen LogP contribution in [0.5, 0.6) is 0 Å². The Hall–Kier alpha value is -1.43. The molecule has 0 saturated carbocycles. The third-order valence-electron chi connectivity index (χ3n) is 1.70. The second-order valence-electron chi connectivity index (χ2n) is 2.95. The third-order valence-corrected chi connectivity index (χ3v) is 2.48. The first-order valence-corrected chi connectivity index (χ1v) is 6.27. The number of thioether (sulfide) groups is 1. The van der Waals surface area contributed by atoms with E-state index in [2.05, 4.69) is 11.7 Å². The first-order valence-electron chi connectivity index (χ1n) is 5.22. The average molecular weight is 257 g/mol. The molecule has 0 aromatic rings. The van der Waals surface area contributed by atoms with Crippen LogP contribution >= 0.6 is 11.8 Å². The SMILES string of the molecule is C=CCON=C(C(=O)OCC)C1=CSCCO1. The molecule has 0 N–H and O–H groups in total. The summed E-state index contributed by atoms with van der Waals surface area (Å²) in [6, 6.07) is 0. The molecule has 94 valence electrons. The molecule has 0 spiro atoms. The summed E-state index contributed by atoms with van der Waals surface area (Å²) in [4.78, 5) is 16.6. The standard InChI is InChI=1S/C11H15NO4S/c1-3-5-16-12-10(11(13)14-4-2)9-8-17-7-6-15-9/h3,8H,1,4-7H2,2H3. The number of carbonyl (C=O) groups excluding carboxylic acids is 1. The van der Waals surface area contributed by atoms with Gasteiger partial charge in [0.25, 0.3) is 0 Å². The van der Waals surface area contributed by atoms with E-state index in [0.29, 0.717) is 12.4 Å². The number of hydrogen-bond donors (Lipinski definition) is 0. The highest BCUT2D eigenvalue weighted by molar-refractivity contribution is 8.02. The minimum absolute atomic E-state index is 0.0564. The van der Waals surface area contributed by atoms with Crippen LogP contribution in [-0.4, -0.2) is 37.3 Å². The molecular formula is C11H15NO4S. The minimum atomic E-state index is -0.551. The van der Waals surface area contributed by atoms with Crippen LogP contribution < -0.4 is 0 Å². The van der Waals surface area contributed by atoms with Gasteiger partial charge in [0.2, 0.25) is 5.71 Å². The van der Waals surface area contributed by atoms with E-state index in [0.717, 1.165) is 5.75 Å². The zero-order chi connectivity index (χ0) is 12.5. The lowest BCUT2D eigenvalue weighted by Crippen LogP contribution is -2.23. The van der Waals surface area contributed by atoms with Crippen LogP contribution in [0.3, 0.4) is 0 Å². The van der Waals surface area contributed by atoms with E-state index in [1.54, 1.807) is 24.1 Å². The number of esters is 1. The summed E-state index contributed by atoms with van der Waals surface area (Å²) in [7, 11) is 0. The maximum atomic E-state index is 11.6. The fourth-order valence-corrected chi connectivity index (χ4v) is 1.66. The molecule has 0 bridgehead atoms. The quantitative estimate of drug-likeness (QED) is 0.238. The van der Waals surface area contributed by atoms with Crippen molar-refractivity contribution in [1.82, 2.24) is 0 Å². The van der Waals surface area contributed by atoms with Gasteiger partial charge in [-0.15, -0.1) is 11.8 Å². The fourth-order valence-electron chi connectivity index (χ4n) is 1.03. The normalized spacial score (nSPS) is 15.6. The van der Waals surface area contributed by atoms with Crippen LogP contribution in [-0.2, 0) is 19.1 Å². The summed E-state index contributed by atoms with van der Waals surface area (Å²) in [5.74, 6) is 0.696. The van der Waals surface area contributed by atoms with Gasteiger partial charge < -0.3 is 14.3 Å². The highest BCUT2D eigenvalue weighted by Crippen LogP contribution is 2.17. The second kappa shape index (κ2) is 7.78. The van der Waals surface area contributed by atoms with E-state index in [1.807, 2.05) is 0 Å². The van der Waals surface area contributed by atoms with Crippen molar-refractivity contribution >= 4 is 23.4 Å². The van der Waals surface area contributed by atoms with Crippen molar-refractivity contribution in [1.29, 1.82) is 0 Å². The highest BCUT2D eigenvalue weighted by Gasteiger charge is 2.22. The zero-order valence-electron chi connectivity index (χ0n) is 9.68. The van der Waals surface area contributed by atoms with Crippen LogP contribution in [0.25, 0.3) is 0 Å². The number of carbonyl (C=O) groups is 1. The van der Waals surface area contributed by atoms with Crippen molar-refractivity contribution in [3.8, 4) is 0 Å². The largest absolute Gasteiger partial charge is 0.489 e. The molecule has 1 aliphatic rings. The molecule has 1 aliphatic heterocycles. The van der Waals surface area contributed by atoms with E-state index in [-0.39, 0.29) is 18.9 Å². The van der Waals surface area contributed by atoms with Gasteiger partial charge in [0.05, 0.1) is 13.2 Å². The molecule has 1 rings (SSSR count). The van der Waals surface area contributed by atoms with Crippen LogP contribution in [0.4, 0.5) is 0 Å². The highest BCUT2D eigenvalue weighted by atomic mass is 32.2. The molecule has 6 heteroatoms. The maximum absolute atomic E-state index is 11.6. The Bertz CT molecular complexity index is 338. The van der Waals surface area contributed by atoms with Crippen LogP contribution in [0.1, 0.15) is 6.92 Å². The predicted octanol–water partition coefficient (Wildman–Crippen LogP) is 1.71. The minimum Gasteiger partial charge on any atom is -0.489 e. The van der Waals surface area contributed by atoms with E-state index in [1.165, 1.54) is 6.08 Å². The lowest BCUT2D eigenvalue weighted by Gasteiger charge is -2.14. The Morgan fingerprint density at radius 3 is 3.18 bits per heavy atom. The molecule has 0 radical (unpaired) electrons. The summed E-state index contributed by atoms with van der Waals surface area (Å²) >= 11 is 1.55. The smallest absolute Gasteiger partial charge is 0.364 e. The van der Waals surface area contributed by atoms with Crippen molar-refractivity contribution in [2.75, 3.05) is 25.6 Å². The number of rotatable bonds is 6. The van der Waals surface area contributed by atoms with E-state index < -0.39 is 5.97 Å². The van der Waals surface area contributed by atoms with Gasteiger partial charge in [0.1, 0.15) is 6.61 Å². The third kappa shape index (κ3) is 4.52. The molecule has 0 aliphatic carbocycles. The molecule has 0 aromatic heterocycles. The molecule has 0 saturated heterocycles. The monoisotopic (exact) mass is 257 g/mol. The number of hydrogen-bond acceptors (Lipinski definition) is 6. The van der Waals surface area contributed by atoms with Crippen molar-refractivity contribution in [2.24, 2.45) is 5.16 Å². The molecular weight excluding hydrogens is 242 g/mol. The lowest BCUT2D eigenvalue weighted by atomic mass is 10.3. The van der Waals surface area contributed by atoms with Gasteiger partial charge in [-0.3, -0.25) is 0 Å². The Kier molecular flexibility index (Phi) is 6.24. The van der Waals surface area contributed by atoms with Gasteiger partial charge >= 0.3 is 5.97 Å². The maximum Gasteiger partial charge on any atom is 0.364 e. The summed E-state index contributed by atoms with van der Waals surface area (Å²) in [6.07, 6.45) is 1.54. The van der Waals surface area contributed by atoms with Crippen LogP contribution in [0, 0.1) is 0 Å². The van der Waals surface area contributed by atoms with Gasteiger partial charge in [-0.05, 0) is 6.92 Å². The molecule has 0 unspecified atom stereocenters. The van der Waals surface area contributed by atoms with Crippen molar-refractivity contribution in [2.45, 2.75) is 6.92 Å². The van der Waals surface area contributed by atoms with Gasteiger partial charge in [-0.2, -0.15) is 0 Å². The molecule has 17 heavy (non-hydrogen) atoms. The molecule has 0 aromatic carbocycles. The Balaban J connectivity index is 2.76. The van der Waals surface area contributed by atoms with E-state index in [9.17, 15) is 4.79 Å². The van der Waals surface area contributed by atoms with Crippen molar-refractivity contribution in [3.05, 3.63) is 23.8 Å². The lowest BCUT2D eigenvalue weighted by molar-refractivity contribution is -0.135. The number of nitrogens with zero attached hydrogens (tertiary/aromatic N) is 1. The summed E-state index contributed by atoms with van der Waals surface area (Å²) < 4.78 is 10.2. The molecule has 1 heterocycles. The molecule has 0 atom stereocenters. The summed E-state index contributed by atoms with van der Waals surface area (Å²) in [5, 5.41) is 5.45. The zero-order valence-corrected chi connectivity index (χ0v) is 10.5. The van der Waals surface area contributed by atoms with Gasteiger partial charge in [0, 0.05) is 11.2 Å². The van der Waals surface area contributed by atoms with Gasteiger partial charge in [0.15, 0.2) is 5.76 Å². The number of ether oxygens (including phenoxy) is 2. The van der Waals surface area contributed by atoms with Crippen molar-refractivity contribution < 1.29 is 19.1 Å². The molecule has 0 fully saturated rings. The van der Waals surface area contributed by atoms with E-state index >= 15 is 0 Å². The topological polar surface area (TPSA) is 57.1 Å². The van der Waals surface area contributed by atoms with Crippen molar-refractivity contribution in [3.63, 3.8) is 0 Å². The van der Waals surface area contributed by atoms with Crippen LogP contribution in [0.2, 0.25) is 0 Å². The van der Waals surface area contributed by atoms with Gasteiger partial charge in [-0.25, -0.2) is 4.79 Å². The Morgan fingerprint density at radius 1 is 1.76 bits per heavy atom. The Labute approximate surface area is 104 Å². The van der Waals surface area contributed by atoms with Gasteiger partial charge in [-0.1, -0.05) is 17.8 Å². The second-order valence-corrected chi connectivity index (χ2v) is 3.92. The summed E-state index contributed by atoms with van der Waals surface area (Å²) in [6.45, 7) is 6.26. The summed E-state index contributed by atoms with van der Waals surface area (Å²) in [5.41, 5.74) is 0.0564. The van der Waals surface area contributed by atoms with Crippen LogP contribution in [0.15, 0.2) is 29.0 Å². The molecule has 5 nitrogen and oxygen atoms in total. The average Bonchev–Trinajstić information content (AvgIpc) is 2.36. The molecule has 0 amide bonds. The fraction of sp³-hybridized carbons (Fsp3) is 0.455. The predicted molar refractivity (Wildman–Crippen MR) is 66.7 cm³/mol. The first-order chi connectivity index (χ1) is 8.29. The first kappa shape index (κ1) is 13.6. The number of oxime groups is 1. The Morgan fingerprint density at radius 2 is 2.59 bits per heavy atom.